The molecule has 15 heavy (non-hydrogen) atoms. The summed E-state index contributed by atoms with van der Waals surface area (Å²) in [6.07, 6.45) is 2.03. The average molecular weight is 216 g/mol. The van der Waals surface area contributed by atoms with Crippen molar-refractivity contribution in [1.82, 2.24) is 0 Å². The van der Waals surface area contributed by atoms with Crippen molar-refractivity contribution in [2.24, 2.45) is 0 Å². The molecule has 1 saturated heterocycles. The third kappa shape index (κ3) is 6.06. The first-order valence-corrected chi connectivity index (χ1v) is 5.18. The van der Waals surface area contributed by atoms with E-state index in [1.54, 1.807) is 0 Å². The molecule has 0 radical (unpaired) electrons. The fourth-order valence-corrected chi connectivity index (χ4v) is 1.21. The van der Waals surface area contributed by atoms with E-state index in [1.807, 2.05) is 0 Å². The summed E-state index contributed by atoms with van der Waals surface area (Å²) in [5.74, 6) is -0.461. The minimum absolute atomic E-state index is 0.230. The van der Waals surface area contributed by atoms with Gasteiger partial charge in [-0.1, -0.05) is 0 Å². The topological polar surface area (TPSA) is 61.8 Å². The Morgan fingerprint density at radius 3 is 1.67 bits per heavy atom. The molecule has 0 aromatic carbocycles. The summed E-state index contributed by atoms with van der Waals surface area (Å²) in [6, 6.07) is 0. The molecule has 0 atom stereocenters. The van der Waals surface area contributed by atoms with E-state index in [2.05, 4.69) is 0 Å². The van der Waals surface area contributed by atoms with Crippen LogP contribution >= 0.6 is 0 Å². The maximum Gasteiger partial charge on any atom is 0.305 e. The highest BCUT2D eigenvalue weighted by molar-refractivity contribution is 5.70. The van der Waals surface area contributed by atoms with E-state index in [0.717, 1.165) is 0 Å². The Kier molecular flexibility index (Phi) is 5.77. The van der Waals surface area contributed by atoms with E-state index >= 15 is 0 Å². The predicted molar refractivity (Wildman–Crippen MR) is 51.2 cm³/mol. The van der Waals surface area contributed by atoms with Crippen LogP contribution in [0.25, 0.3) is 0 Å². The number of carbonyl (C=O) groups excluding carboxylic acids is 2. The Morgan fingerprint density at radius 2 is 1.20 bits per heavy atom. The normalized spacial score (nSPS) is 21.6. The zero-order chi connectivity index (χ0) is 10.9. The Hall–Kier alpha value is -1.10. The maximum atomic E-state index is 11.1. The van der Waals surface area contributed by atoms with Gasteiger partial charge in [0.1, 0.15) is 13.2 Å². The fraction of sp³-hybridized carbons (Fsp3) is 0.800. The number of ether oxygens (including phenoxy) is 3. The molecule has 0 amide bonds. The van der Waals surface area contributed by atoms with Crippen molar-refractivity contribution < 1.29 is 23.8 Å². The molecule has 86 valence electrons. The lowest BCUT2D eigenvalue weighted by atomic mass is 10.2. The fourth-order valence-electron chi connectivity index (χ4n) is 1.21. The summed E-state index contributed by atoms with van der Waals surface area (Å²) in [4.78, 5) is 22.1. The number of esters is 2. The third-order valence-corrected chi connectivity index (χ3v) is 1.99. The molecule has 0 aliphatic carbocycles. The molecule has 1 heterocycles. The van der Waals surface area contributed by atoms with Crippen LogP contribution in [0.15, 0.2) is 0 Å². The van der Waals surface area contributed by atoms with E-state index in [-0.39, 0.29) is 25.2 Å². The van der Waals surface area contributed by atoms with Crippen LogP contribution < -0.4 is 0 Å². The molecule has 1 fully saturated rings. The van der Waals surface area contributed by atoms with Crippen LogP contribution in [-0.2, 0) is 23.8 Å². The van der Waals surface area contributed by atoms with Gasteiger partial charge in [-0.2, -0.15) is 0 Å². The molecule has 5 heteroatoms. The molecule has 0 unspecified atom stereocenters. The minimum atomic E-state index is -0.230. The van der Waals surface area contributed by atoms with E-state index in [0.29, 0.717) is 38.9 Å². The monoisotopic (exact) mass is 216 g/mol. The smallest absolute Gasteiger partial charge is 0.305 e. The first-order valence-electron chi connectivity index (χ1n) is 5.18. The molecule has 0 saturated carbocycles. The van der Waals surface area contributed by atoms with Crippen LogP contribution in [0.3, 0.4) is 0 Å². The van der Waals surface area contributed by atoms with E-state index in [1.165, 1.54) is 0 Å². The van der Waals surface area contributed by atoms with Gasteiger partial charge in [0, 0.05) is 12.8 Å². The molecule has 5 nitrogen and oxygen atoms in total. The quantitative estimate of drug-likeness (QED) is 0.557. The largest absolute Gasteiger partial charge is 0.463 e. The Bertz CT molecular complexity index is 192. The average Bonchev–Trinajstić information content (AvgIpc) is 2.23. The van der Waals surface area contributed by atoms with Gasteiger partial charge in [0.2, 0.25) is 0 Å². The van der Waals surface area contributed by atoms with E-state index in [4.69, 9.17) is 14.2 Å². The number of rotatable bonds is 0. The highest BCUT2D eigenvalue weighted by atomic mass is 16.6. The summed E-state index contributed by atoms with van der Waals surface area (Å²) in [7, 11) is 0. The van der Waals surface area contributed by atoms with Crippen LogP contribution in [0, 0.1) is 0 Å². The highest BCUT2D eigenvalue weighted by Crippen LogP contribution is 2.03. The maximum absolute atomic E-state index is 11.1. The molecule has 1 aliphatic rings. The van der Waals surface area contributed by atoms with Crippen molar-refractivity contribution in [3.05, 3.63) is 0 Å². The second-order valence-electron chi connectivity index (χ2n) is 3.26. The lowest BCUT2D eigenvalue weighted by Crippen LogP contribution is -2.13. The molecule has 0 bridgehead atoms. The van der Waals surface area contributed by atoms with Gasteiger partial charge in [0.25, 0.3) is 0 Å². The van der Waals surface area contributed by atoms with Gasteiger partial charge in [-0.15, -0.1) is 0 Å². The van der Waals surface area contributed by atoms with Gasteiger partial charge < -0.3 is 14.2 Å². The van der Waals surface area contributed by atoms with Crippen molar-refractivity contribution >= 4 is 11.9 Å². The number of cyclic esters (lactones) is 2. The lowest BCUT2D eigenvalue weighted by Gasteiger charge is -2.05. The molecular weight excluding hydrogens is 200 g/mol. The number of hydrogen-bond acceptors (Lipinski definition) is 5. The van der Waals surface area contributed by atoms with E-state index < -0.39 is 0 Å². The van der Waals surface area contributed by atoms with Gasteiger partial charge in [0.05, 0.1) is 13.2 Å². The van der Waals surface area contributed by atoms with Crippen LogP contribution in [0.5, 0.6) is 0 Å². The molecule has 0 N–H and O–H groups in total. The van der Waals surface area contributed by atoms with Gasteiger partial charge in [-0.3, -0.25) is 9.59 Å². The molecular formula is C10H16O5. The van der Waals surface area contributed by atoms with Gasteiger partial charge >= 0.3 is 11.9 Å². The standard InChI is InChI=1S/C10H16O5/c11-9-3-1-2-4-10(12)15-8-6-13-5-7-14-9/h1-8H2. The molecule has 1 rings (SSSR count). The molecule has 0 aromatic rings. The first-order chi connectivity index (χ1) is 7.29. The predicted octanol–water partition coefficient (Wildman–Crippen LogP) is 0.663. The summed E-state index contributed by atoms with van der Waals surface area (Å²) in [5.41, 5.74) is 0. The number of hydrogen-bond donors (Lipinski definition) is 0. The number of carbonyl (C=O) groups is 2. The molecule has 0 spiro atoms. The second-order valence-corrected chi connectivity index (χ2v) is 3.26. The highest BCUT2D eigenvalue weighted by Gasteiger charge is 2.07. The van der Waals surface area contributed by atoms with Crippen molar-refractivity contribution in [3.8, 4) is 0 Å². The summed E-state index contributed by atoms with van der Waals surface area (Å²) in [5, 5.41) is 0. The van der Waals surface area contributed by atoms with Crippen LogP contribution in [0.2, 0.25) is 0 Å². The summed E-state index contributed by atoms with van der Waals surface area (Å²) < 4.78 is 14.9. The van der Waals surface area contributed by atoms with Crippen LogP contribution in [0.4, 0.5) is 0 Å². The van der Waals surface area contributed by atoms with Crippen molar-refractivity contribution in [1.29, 1.82) is 0 Å². The first kappa shape index (κ1) is 12.0. The van der Waals surface area contributed by atoms with Gasteiger partial charge in [-0.05, 0) is 12.8 Å². The van der Waals surface area contributed by atoms with E-state index in [9.17, 15) is 9.59 Å². The van der Waals surface area contributed by atoms with Crippen molar-refractivity contribution in [2.75, 3.05) is 26.4 Å². The molecule has 0 aromatic heterocycles. The second kappa shape index (κ2) is 7.23. The van der Waals surface area contributed by atoms with Crippen molar-refractivity contribution in [2.45, 2.75) is 25.7 Å². The Balaban J connectivity index is 2.27. The Morgan fingerprint density at radius 1 is 0.733 bits per heavy atom. The molecule has 1 aliphatic heterocycles. The van der Waals surface area contributed by atoms with Crippen LogP contribution in [-0.4, -0.2) is 38.4 Å². The summed E-state index contributed by atoms with van der Waals surface area (Å²) >= 11 is 0. The zero-order valence-corrected chi connectivity index (χ0v) is 8.70. The summed E-state index contributed by atoms with van der Waals surface area (Å²) in [6.45, 7) is 1.24. The van der Waals surface area contributed by atoms with Crippen LogP contribution in [0.1, 0.15) is 25.7 Å². The Labute approximate surface area is 88.7 Å². The third-order valence-electron chi connectivity index (χ3n) is 1.99. The SMILES string of the molecule is O=C1CCCCC(=O)OCCOCCO1. The van der Waals surface area contributed by atoms with Crippen molar-refractivity contribution in [3.63, 3.8) is 0 Å². The minimum Gasteiger partial charge on any atom is -0.463 e. The lowest BCUT2D eigenvalue weighted by molar-refractivity contribution is -0.145. The van der Waals surface area contributed by atoms with Gasteiger partial charge in [-0.25, -0.2) is 0 Å². The van der Waals surface area contributed by atoms with Gasteiger partial charge in [0.15, 0.2) is 0 Å². The zero-order valence-electron chi connectivity index (χ0n) is 8.70.